The van der Waals surface area contributed by atoms with Crippen LogP contribution in [0.1, 0.15) is 56.6 Å². The van der Waals surface area contributed by atoms with E-state index < -0.39 is 27.4 Å². The first kappa shape index (κ1) is 29.4. The number of benzene rings is 1. The van der Waals surface area contributed by atoms with Crippen molar-refractivity contribution in [3.8, 4) is 0 Å². The molecule has 212 valence electrons. The number of rotatable bonds is 13. The number of para-hydroxylation sites is 1. The molecule has 39 heavy (non-hydrogen) atoms. The van der Waals surface area contributed by atoms with Gasteiger partial charge in [-0.05, 0) is 70.4 Å². The normalized spacial score (nSPS) is 28.9. The molecule has 3 heterocycles. The standard InChI is InChI=1S/C31H42N2O5S/c1-6-8-9-10-20-38-29(37)24-23-27(35)33(18-12-19-34)26(31(23)16-15-30(24,5)39-31)28(36)32(17-7-2)25-21(3)13-11-14-22(25)4/h6-7,11,13-14,23-24,26,34H,1-2,8-10,12,15-20H2,3-5H3/t23-,24-,26?,30+,31?/m0/s1. The van der Waals surface area contributed by atoms with Crippen LogP contribution in [0.3, 0.4) is 0 Å². The number of anilines is 1. The second-order valence-electron chi connectivity index (χ2n) is 11.3. The van der Waals surface area contributed by atoms with Crippen molar-refractivity contribution >= 4 is 35.2 Å². The fraction of sp³-hybridized carbons (Fsp3) is 0.581. The van der Waals surface area contributed by atoms with Gasteiger partial charge in [-0.15, -0.1) is 24.9 Å². The van der Waals surface area contributed by atoms with Gasteiger partial charge in [0.25, 0.3) is 5.91 Å². The van der Waals surface area contributed by atoms with Crippen molar-refractivity contribution in [3.63, 3.8) is 0 Å². The van der Waals surface area contributed by atoms with Gasteiger partial charge in [-0.3, -0.25) is 14.4 Å². The lowest BCUT2D eigenvalue weighted by molar-refractivity contribution is -0.155. The van der Waals surface area contributed by atoms with E-state index in [1.54, 1.807) is 27.6 Å². The fourth-order valence-corrected chi connectivity index (χ4v) is 9.34. The molecule has 0 aliphatic carbocycles. The number of fused-ring (bicyclic) bond motifs is 1. The number of thioether (sulfide) groups is 1. The van der Waals surface area contributed by atoms with Crippen molar-refractivity contribution in [2.45, 2.75) is 74.8 Å². The Morgan fingerprint density at radius 3 is 2.54 bits per heavy atom. The molecule has 3 aliphatic rings. The maximum Gasteiger partial charge on any atom is 0.311 e. The summed E-state index contributed by atoms with van der Waals surface area (Å²) in [5, 5.41) is 9.62. The number of hydrogen-bond acceptors (Lipinski definition) is 6. The second-order valence-corrected chi connectivity index (χ2v) is 13.2. The largest absolute Gasteiger partial charge is 0.465 e. The van der Waals surface area contributed by atoms with Crippen molar-refractivity contribution < 1.29 is 24.2 Å². The van der Waals surface area contributed by atoms with Crippen molar-refractivity contribution in [2.75, 3.05) is 31.2 Å². The molecule has 5 atom stereocenters. The first-order valence-corrected chi connectivity index (χ1v) is 14.9. The highest BCUT2D eigenvalue weighted by Gasteiger charge is 2.77. The minimum absolute atomic E-state index is 0.0866. The van der Waals surface area contributed by atoms with Gasteiger partial charge in [0.2, 0.25) is 5.91 Å². The molecule has 4 rings (SSSR count). The lowest BCUT2D eigenvalue weighted by atomic mass is 9.66. The van der Waals surface area contributed by atoms with Crippen LogP contribution in [-0.4, -0.2) is 69.6 Å². The van der Waals surface area contributed by atoms with E-state index in [0.717, 1.165) is 42.5 Å². The maximum atomic E-state index is 14.6. The second kappa shape index (κ2) is 11.9. The summed E-state index contributed by atoms with van der Waals surface area (Å²) in [6, 6.07) is 5.19. The summed E-state index contributed by atoms with van der Waals surface area (Å²) in [6.07, 6.45) is 7.84. The molecule has 8 heteroatoms. The van der Waals surface area contributed by atoms with Gasteiger partial charge in [-0.25, -0.2) is 0 Å². The number of nitrogens with zero attached hydrogens (tertiary/aromatic N) is 2. The van der Waals surface area contributed by atoms with Gasteiger partial charge < -0.3 is 19.6 Å². The van der Waals surface area contributed by atoms with E-state index in [2.05, 4.69) is 13.2 Å². The average Bonchev–Trinajstić information content (AvgIpc) is 3.46. The Balaban J connectivity index is 1.72. The average molecular weight is 555 g/mol. The smallest absolute Gasteiger partial charge is 0.311 e. The molecule has 3 aliphatic heterocycles. The molecular weight excluding hydrogens is 512 g/mol. The number of amides is 2. The summed E-state index contributed by atoms with van der Waals surface area (Å²) >= 11 is 1.64. The van der Waals surface area contributed by atoms with Gasteiger partial charge in [0.05, 0.1) is 23.2 Å². The monoisotopic (exact) mass is 554 g/mol. The summed E-state index contributed by atoms with van der Waals surface area (Å²) in [6.45, 7) is 14.4. The Morgan fingerprint density at radius 1 is 1.18 bits per heavy atom. The van der Waals surface area contributed by atoms with Crippen molar-refractivity contribution in [1.82, 2.24) is 4.90 Å². The first-order valence-electron chi connectivity index (χ1n) is 14.0. The molecule has 0 saturated carbocycles. The van der Waals surface area contributed by atoms with E-state index in [1.807, 2.05) is 45.0 Å². The number of unbranched alkanes of at least 4 members (excludes halogenated alkanes) is 2. The van der Waals surface area contributed by atoms with Crippen LogP contribution in [0.15, 0.2) is 43.5 Å². The van der Waals surface area contributed by atoms with Crippen molar-refractivity contribution in [1.29, 1.82) is 0 Å². The molecule has 7 nitrogen and oxygen atoms in total. The van der Waals surface area contributed by atoms with Crippen LogP contribution in [0.2, 0.25) is 0 Å². The highest BCUT2D eigenvalue weighted by Crippen LogP contribution is 2.71. The minimum atomic E-state index is -0.738. The SMILES string of the molecule is C=CCCCCOC(=O)[C@@H]1[C@H]2C(=O)N(CCCO)C(C(=O)N(CC=C)c3c(C)cccc3C)C23CC[C@@]1(C)S3. The maximum absolute atomic E-state index is 14.6. The predicted octanol–water partition coefficient (Wildman–Crippen LogP) is 4.59. The molecule has 0 radical (unpaired) electrons. The zero-order chi connectivity index (χ0) is 28.4. The van der Waals surface area contributed by atoms with Crippen LogP contribution >= 0.6 is 11.8 Å². The van der Waals surface area contributed by atoms with Gasteiger partial charge in [0.15, 0.2) is 0 Å². The number of carbonyl (C=O) groups excluding carboxylic acids is 3. The van der Waals surface area contributed by atoms with E-state index >= 15 is 0 Å². The summed E-state index contributed by atoms with van der Waals surface area (Å²) in [5.41, 5.74) is 2.77. The number of likely N-dealkylation sites (tertiary alicyclic amines) is 1. The molecule has 3 fully saturated rings. The highest BCUT2D eigenvalue weighted by molar-refractivity contribution is 8.02. The molecule has 1 N–H and O–H groups in total. The Morgan fingerprint density at radius 2 is 1.90 bits per heavy atom. The molecule has 2 bridgehead atoms. The third kappa shape index (κ3) is 5.06. The third-order valence-corrected chi connectivity index (χ3v) is 10.6. The van der Waals surface area contributed by atoms with Crippen LogP contribution in [0.4, 0.5) is 5.69 Å². The lowest BCUT2D eigenvalue weighted by Crippen LogP contribution is -2.55. The molecular formula is C31H42N2O5S. The molecule has 1 aromatic carbocycles. The number of esters is 1. The van der Waals surface area contributed by atoms with Gasteiger partial charge in [0.1, 0.15) is 6.04 Å². The zero-order valence-corrected chi connectivity index (χ0v) is 24.3. The number of ether oxygens (including phenoxy) is 1. The van der Waals surface area contributed by atoms with Gasteiger partial charge in [-0.2, -0.15) is 0 Å². The number of hydrogen-bond donors (Lipinski definition) is 1. The third-order valence-electron chi connectivity index (χ3n) is 8.66. The van der Waals surface area contributed by atoms with E-state index in [-0.39, 0.29) is 30.9 Å². The zero-order valence-electron chi connectivity index (χ0n) is 23.5. The molecule has 2 unspecified atom stereocenters. The fourth-order valence-electron chi connectivity index (χ4n) is 7.00. The van der Waals surface area contributed by atoms with E-state index in [4.69, 9.17) is 4.74 Å². The van der Waals surface area contributed by atoms with Gasteiger partial charge >= 0.3 is 5.97 Å². The van der Waals surface area contributed by atoms with Crippen molar-refractivity contribution in [3.05, 3.63) is 54.6 Å². The molecule has 0 aromatic heterocycles. The molecule has 1 aromatic rings. The first-order chi connectivity index (χ1) is 18.7. The summed E-state index contributed by atoms with van der Waals surface area (Å²) in [7, 11) is 0. The van der Waals surface area contributed by atoms with Gasteiger partial charge in [-0.1, -0.05) is 30.4 Å². The quantitative estimate of drug-likeness (QED) is 0.218. The molecule has 1 spiro atoms. The topological polar surface area (TPSA) is 87.1 Å². The summed E-state index contributed by atoms with van der Waals surface area (Å²) in [5.74, 6) is -1.90. The van der Waals surface area contributed by atoms with E-state index in [0.29, 0.717) is 26.0 Å². The lowest BCUT2D eigenvalue weighted by Gasteiger charge is -2.38. The molecule has 3 saturated heterocycles. The number of carbonyl (C=O) groups is 3. The Kier molecular flexibility index (Phi) is 8.96. The number of aryl methyl sites for hydroxylation is 2. The van der Waals surface area contributed by atoms with Gasteiger partial charge in [0, 0.05) is 30.1 Å². The highest BCUT2D eigenvalue weighted by atomic mass is 32.2. The van der Waals surface area contributed by atoms with Crippen LogP contribution < -0.4 is 4.90 Å². The van der Waals surface area contributed by atoms with Crippen molar-refractivity contribution in [2.24, 2.45) is 11.8 Å². The van der Waals surface area contributed by atoms with Crippen LogP contribution in [0.25, 0.3) is 0 Å². The van der Waals surface area contributed by atoms with Crippen LogP contribution in [-0.2, 0) is 19.1 Å². The minimum Gasteiger partial charge on any atom is -0.465 e. The predicted molar refractivity (Wildman–Crippen MR) is 156 cm³/mol. The van der Waals surface area contributed by atoms with E-state index in [9.17, 15) is 19.5 Å². The molecule has 2 amide bonds. The Bertz CT molecular complexity index is 1120. The van der Waals surface area contributed by atoms with E-state index in [1.165, 1.54) is 0 Å². The number of aliphatic hydroxyl groups excluding tert-OH is 1. The summed E-state index contributed by atoms with van der Waals surface area (Å²) < 4.78 is 4.54. The van der Waals surface area contributed by atoms with Crippen LogP contribution in [0, 0.1) is 25.7 Å². The Labute approximate surface area is 236 Å². The van der Waals surface area contributed by atoms with Crippen LogP contribution in [0.5, 0.6) is 0 Å². The number of aliphatic hydroxyl groups is 1. The summed E-state index contributed by atoms with van der Waals surface area (Å²) in [4.78, 5) is 45.7. The number of allylic oxidation sites excluding steroid dienone is 1. The Hall–Kier alpha value is -2.58.